The summed E-state index contributed by atoms with van der Waals surface area (Å²) in [7, 11) is 1.53. The number of piperidine rings is 1. The summed E-state index contributed by atoms with van der Waals surface area (Å²) >= 11 is 0. The van der Waals surface area contributed by atoms with Gasteiger partial charge in [0, 0.05) is 26.2 Å². The SMILES string of the molecule is COCC(=O)N1CCC(COc2ccccc2C(=O)NC(C)C)CC1. The fourth-order valence-corrected chi connectivity index (χ4v) is 2.89. The highest BCUT2D eigenvalue weighted by Crippen LogP contribution is 2.22. The van der Waals surface area contributed by atoms with E-state index in [0.717, 1.165) is 25.9 Å². The van der Waals surface area contributed by atoms with Gasteiger partial charge in [0.05, 0.1) is 12.2 Å². The Balaban J connectivity index is 1.86. The molecule has 138 valence electrons. The Morgan fingerprint density at radius 2 is 1.92 bits per heavy atom. The van der Waals surface area contributed by atoms with E-state index in [-0.39, 0.29) is 24.5 Å². The Bertz CT molecular complexity index is 581. The summed E-state index contributed by atoms with van der Waals surface area (Å²) in [6, 6.07) is 7.38. The van der Waals surface area contributed by atoms with Crippen molar-refractivity contribution in [3.05, 3.63) is 29.8 Å². The second-order valence-electron chi connectivity index (χ2n) is 6.69. The standard InChI is InChI=1S/C19H28N2O4/c1-14(2)20-19(23)16-6-4-5-7-17(16)25-12-15-8-10-21(11-9-15)18(22)13-24-3/h4-7,14-15H,8-13H2,1-3H3,(H,20,23). The molecule has 0 atom stereocenters. The zero-order chi connectivity index (χ0) is 18.2. The molecule has 0 unspecified atom stereocenters. The van der Waals surface area contributed by atoms with E-state index in [4.69, 9.17) is 9.47 Å². The lowest BCUT2D eigenvalue weighted by Crippen LogP contribution is -2.41. The summed E-state index contributed by atoms with van der Waals surface area (Å²) in [6.07, 6.45) is 1.80. The second-order valence-corrected chi connectivity index (χ2v) is 6.69. The van der Waals surface area contributed by atoms with Gasteiger partial charge in [0.2, 0.25) is 5.91 Å². The van der Waals surface area contributed by atoms with Crippen molar-refractivity contribution in [2.45, 2.75) is 32.7 Å². The molecule has 1 fully saturated rings. The Morgan fingerprint density at radius 1 is 1.24 bits per heavy atom. The van der Waals surface area contributed by atoms with E-state index in [9.17, 15) is 9.59 Å². The average molecular weight is 348 g/mol. The number of hydrogen-bond acceptors (Lipinski definition) is 4. The largest absolute Gasteiger partial charge is 0.492 e. The highest BCUT2D eigenvalue weighted by Gasteiger charge is 2.23. The Kier molecular flexibility index (Phi) is 7.25. The molecule has 1 heterocycles. The maximum absolute atomic E-state index is 12.3. The number of nitrogens with one attached hydrogen (secondary N) is 1. The van der Waals surface area contributed by atoms with Gasteiger partial charge in [0.15, 0.2) is 0 Å². The topological polar surface area (TPSA) is 67.9 Å². The van der Waals surface area contributed by atoms with Crippen molar-refractivity contribution in [1.29, 1.82) is 0 Å². The van der Waals surface area contributed by atoms with E-state index < -0.39 is 0 Å². The fraction of sp³-hybridized carbons (Fsp3) is 0.579. The van der Waals surface area contributed by atoms with Crippen LogP contribution in [0.15, 0.2) is 24.3 Å². The van der Waals surface area contributed by atoms with Crippen LogP contribution in [-0.4, -0.2) is 56.2 Å². The first-order valence-electron chi connectivity index (χ1n) is 8.80. The summed E-state index contributed by atoms with van der Waals surface area (Å²) in [5, 5.41) is 2.89. The van der Waals surface area contributed by atoms with Gasteiger partial charge in [0.1, 0.15) is 12.4 Å². The van der Waals surface area contributed by atoms with E-state index in [2.05, 4.69) is 5.32 Å². The lowest BCUT2D eigenvalue weighted by atomic mass is 9.98. The number of ether oxygens (including phenoxy) is 2. The van der Waals surface area contributed by atoms with Crippen molar-refractivity contribution in [2.24, 2.45) is 5.92 Å². The quantitative estimate of drug-likeness (QED) is 0.819. The van der Waals surface area contributed by atoms with Crippen LogP contribution >= 0.6 is 0 Å². The monoisotopic (exact) mass is 348 g/mol. The first kappa shape index (κ1) is 19.2. The van der Waals surface area contributed by atoms with Crippen LogP contribution in [0, 0.1) is 5.92 Å². The number of amides is 2. The zero-order valence-corrected chi connectivity index (χ0v) is 15.3. The van der Waals surface area contributed by atoms with Gasteiger partial charge < -0.3 is 19.7 Å². The van der Waals surface area contributed by atoms with Gasteiger partial charge in [0.25, 0.3) is 5.91 Å². The summed E-state index contributed by atoms with van der Waals surface area (Å²) in [6.45, 7) is 6.01. The van der Waals surface area contributed by atoms with E-state index >= 15 is 0 Å². The highest BCUT2D eigenvalue weighted by atomic mass is 16.5. The molecule has 0 spiro atoms. The summed E-state index contributed by atoms with van der Waals surface area (Å²) in [5.41, 5.74) is 0.559. The number of carbonyl (C=O) groups excluding carboxylic acids is 2. The van der Waals surface area contributed by atoms with Gasteiger partial charge >= 0.3 is 0 Å². The molecule has 1 aliphatic heterocycles. The van der Waals surface area contributed by atoms with Gasteiger partial charge in [-0.3, -0.25) is 9.59 Å². The Morgan fingerprint density at radius 3 is 2.56 bits per heavy atom. The van der Waals surface area contributed by atoms with Gasteiger partial charge in [-0.1, -0.05) is 12.1 Å². The van der Waals surface area contributed by atoms with Crippen molar-refractivity contribution in [3.63, 3.8) is 0 Å². The molecule has 6 nitrogen and oxygen atoms in total. The second kappa shape index (κ2) is 9.42. The normalized spacial score (nSPS) is 15.3. The van der Waals surface area contributed by atoms with E-state index in [1.165, 1.54) is 7.11 Å². The molecule has 1 N–H and O–H groups in total. The van der Waals surface area contributed by atoms with Crippen LogP contribution in [0.5, 0.6) is 5.75 Å². The predicted octanol–water partition coefficient (Wildman–Crippen LogP) is 2.09. The fourth-order valence-electron chi connectivity index (χ4n) is 2.89. The molecule has 2 rings (SSSR count). The van der Waals surface area contributed by atoms with Crippen LogP contribution in [0.2, 0.25) is 0 Å². The van der Waals surface area contributed by atoms with Crippen LogP contribution in [-0.2, 0) is 9.53 Å². The minimum Gasteiger partial charge on any atom is -0.492 e. The summed E-state index contributed by atoms with van der Waals surface area (Å²) in [4.78, 5) is 25.9. The van der Waals surface area contributed by atoms with Crippen molar-refractivity contribution in [2.75, 3.05) is 33.4 Å². The molecule has 0 saturated carbocycles. The molecule has 25 heavy (non-hydrogen) atoms. The lowest BCUT2D eigenvalue weighted by molar-refractivity contribution is -0.136. The number of hydrogen-bond donors (Lipinski definition) is 1. The van der Waals surface area contributed by atoms with Crippen molar-refractivity contribution in [3.8, 4) is 5.75 Å². The van der Waals surface area contributed by atoms with Crippen molar-refractivity contribution >= 4 is 11.8 Å². The third-order valence-electron chi connectivity index (χ3n) is 4.26. The molecule has 0 radical (unpaired) electrons. The molecule has 0 aliphatic carbocycles. The predicted molar refractivity (Wildman–Crippen MR) is 95.7 cm³/mol. The molecule has 2 amide bonds. The maximum Gasteiger partial charge on any atom is 0.255 e. The first-order valence-corrected chi connectivity index (χ1v) is 8.80. The summed E-state index contributed by atoms with van der Waals surface area (Å²) in [5.74, 6) is 0.912. The van der Waals surface area contributed by atoms with E-state index in [0.29, 0.717) is 23.8 Å². The van der Waals surface area contributed by atoms with Crippen LogP contribution in [0.4, 0.5) is 0 Å². The number of para-hydroxylation sites is 1. The first-order chi connectivity index (χ1) is 12.0. The zero-order valence-electron chi connectivity index (χ0n) is 15.3. The molecule has 0 bridgehead atoms. The number of benzene rings is 1. The van der Waals surface area contributed by atoms with Gasteiger partial charge in [-0.2, -0.15) is 0 Å². The van der Waals surface area contributed by atoms with E-state index in [1.54, 1.807) is 6.07 Å². The third kappa shape index (κ3) is 5.74. The van der Waals surface area contributed by atoms with Gasteiger partial charge in [-0.25, -0.2) is 0 Å². The van der Waals surface area contributed by atoms with Crippen molar-refractivity contribution in [1.82, 2.24) is 10.2 Å². The molecular formula is C19H28N2O4. The molecule has 1 aliphatic rings. The number of methoxy groups -OCH3 is 1. The van der Waals surface area contributed by atoms with Crippen LogP contribution in [0.25, 0.3) is 0 Å². The van der Waals surface area contributed by atoms with E-state index in [1.807, 2.05) is 36.9 Å². The van der Waals surface area contributed by atoms with Crippen LogP contribution in [0.1, 0.15) is 37.0 Å². The average Bonchev–Trinajstić information content (AvgIpc) is 2.60. The number of rotatable bonds is 7. The van der Waals surface area contributed by atoms with Gasteiger partial charge in [-0.05, 0) is 44.7 Å². The minimum atomic E-state index is -0.120. The maximum atomic E-state index is 12.3. The highest BCUT2D eigenvalue weighted by molar-refractivity contribution is 5.97. The number of likely N-dealkylation sites (tertiary alicyclic amines) is 1. The molecule has 1 aromatic rings. The van der Waals surface area contributed by atoms with Gasteiger partial charge in [-0.15, -0.1) is 0 Å². The van der Waals surface area contributed by atoms with Crippen LogP contribution in [0.3, 0.4) is 0 Å². The molecule has 1 aromatic carbocycles. The molecule has 0 aromatic heterocycles. The Labute approximate surface area is 149 Å². The number of nitrogens with zero attached hydrogens (tertiary/aromatic N) is 1. The lowest BCUT2D eigenvalue weighted by Gasteiger charge is -2.31. The molecule has 6 heteroatoms. The smallest absolute Gasteiger partial charge is 0.255 e. The number of carbonyl (C=O) groups is 2. The van der Waals surface area contributed by atoms with Crippen LogP contribution < -0.4 is 10.1 Å². The molecular weight excluding hydrogens is 320 g/mol. The van der Waals surface area contributed by atoms with Crippen molar-refractivity contribution < 1.29 is 19.1 Å². The Hall–Kier alpha value is -2.08. The minimum absolute atomic E-state index is 0.0394. The third-order valence-corrected chi connectivity index (χ3v) is 4.26. The molecule has 1 saturated heterocycles. The summed E-state index contributed by atoms with van der Waals surface area (Å²) < 4.78 is 10.8.